The number of aliphatic hydroxyl groups is 1. The number of esters is 1. The predicted octanol–water partition coefficient (Wildman–Crippen LogP) is 2.58. The number of nitrogens with zero attached hydrogens (tertiary/aromatic N) is 3. The molecule has 0 bridgehead atoms. The summed E-state index contributed by atoms with van der Waals surface area (Å²) in [6.45, 7) is 2.50. The molecule has 3 rings (SSSR count). The molecule has 2 N–H and O–H groups in total. The lowest BCUT2D eigenvalue weighted by molar-refractivity contribution is -0.242. The van der Waals surface area contributed by atoms with Crippen LogP contribution in [0.1, 0.15) is 45.1 Å². The predicted molar refractivity (Wildman–Crippen MR) is 97.9 cm³/mol. The summed E-state index contributed by atoms with van der Waals surface area (Å²) in [6, 6.07) is 7.56. The molecule has 0 spiro atoms. The van der Waals surface area contributed by atoms with Crippen LogP contribution in [0.25, 0.3) is 11.0 Å². The maximum atomic E-state index is 11.7. The van der Waals surface area contributed by atoms with Crippen LogP contribution in [-0.2, 0) is 14.4 Å². The summed E-state index contributed by atoms with van der Waals surface area (Å²) in [5.41, 5.74) is 1.66. The van der Waals surface area contributed by atoms with E-state index in [4.69, 9.17) is 9.99 Å². The van der Waals surface area contributed by atoms with Crippen molar-refractivity contribution >= 4 is 17.0 Å². The summed E-state index contributed by atoms with van der Waals surface area (Å²) in [5, 5.41) is 27.9. The number of carbonyl (C=O) groups is 1. The number of carbonyl (C=O) groups excluding carboxylic acids is 1. The number of ether oxygens (including phenoxy) is 1. The molecule has 148 valence electrons. The second kappa shape index (κ2) is 9.25. The van der Waals surface area contributed by atoms with Gasteiger partial charge in [0.2, 0.25) is 0 Å². The minimum absolute atomic E-state index is 0.122. The fourth-order valence-corrected chi connectivity index (χ4v) is 3.69. The lowest BCUT2D eigenvalue weighted by atomic mass is 9.78. The summed E-state index contributed by atoms with van der Waals surface area (Å²) in [4.78, 5) is 17.3. The number of hydrogen-bond donors (Lipinski definition) is 2. The molecule has 4 atom stereocenters. The highest BCUT2D eigenvalue weighted by atomic mass is 17.1. The van der Waals surface area contributed by atoms with E-state index in [-0.39, 0.29) is 36.9 Å². The minimum Gasteiger partial charge on any atom is -0.465 e. The number of hydrogen-bond acceptors (Lipinski definition) is 7. The van der Waals surface area contributed by atoms with Crippen LogP contribution in [0.5, 0.6) is 0 Å². The van der Waals surface area contributed by atoms with Gasteiger partial charge in [-0.1, -0.05) is 19.1 Å². The van der Waals surface area contributed by atoms with Gasteiger partial charge in [0.15, 0.2) is 0 Å². The minimum atomic E-state index is -0.523. The van der Waals surface area contributed by atoms with E-state index >= 15 is 0 Å². The van der Waals surface area contributed by atoms with Crippen molar-refractivity contribution in [3.63, 3.8) is 0 Å². The molecule has 1 aliphatic rings. The van der Waals surface area contributed by atoms with E-state index in [0.717, 1.165) is 23.9 Å². The molecule has 4 unspecified atom stereocenters. The van der Waals surface area contributed by atoms with E-state index in [1.165, 1.54) is 0 Å². The molecule has 1 aromatic carbocycles. The van der Waals surface area contributed by atoms with Crippen LogP contribution < -0.4 is 0 Å². The van der Waals surface area contributed by atoms with Gasteiger partial charge in [0, 0.05) is 6.42 Å². The first-order valence-electron chi connectivity index (χ1n) is 9.50. The van der Waals surface area contributed by atoms with E-state index in [9.17, 15) is 9.90 Å². The quantitative estimate of drug-likeness (QED) is 0.315. The number of benzene rings is 1. The lowest BCUT2D eigenvalue weighted by Crippen LogP contribution is -2.35. The Morgan fingerprint density at radius 1 is 1.30 bits per heavy atom. The molecule has 1 saturated carbocycles. The smallest absolute Gasteiger partial charge is 0.305 e. The first kappa shape index (κ1) is 19.7. The Labute approximate surface area is 158 Å². The third-order valence-corrected chi connectivity index (χ3v) is 5.35. The molecular formula is C19H27N3O5. The second-order valence-electron chi connectivity index (χ2n) is 7.31. The summed E-state index contributed by atoms with van der Waals surface area (Å²) in [5.74, 6) is 0.165. The molecule has 0 aliphatic heterocycles. The highest BCUT2D eigenvalue weighted by Gasteiger charge is 2.34. The van der Waals surface area contributed by atoms with Crippen LogP contribution in [0.15, 0.2) is 24.3 Å². The molecule has 1 aromatic heterocycles. The van der Waals surface area contributed by atoms with Crippen molar-refractivity contribution in [3.8, 4) is 0 Å². The summed E-state index contributed by atoms with van der Waals surface area (Å²) < 4.78 is 5.30. The van der Waals surface area contributed by atoms with Gasteiger partial charge in [-0.15, -0.1) is 0 Å². The number of fused-ring (bicyclic) bond motifs is 1. The third kappa shape index (κ3) is 5.03. The zero-order chi connectivity index (χ0) is 19.2. The van der Waals surface area contributed by atoms with Crippen LogP contribution >= 0.6 is 0 Å². The maximum absolute atomic E-state index is 11.7. The van der Waals surface area contributed by atoms with E-state index in [1.54, 1.807) is 4.80 Å². The fourth-order valence-electron chi connectivity index (χ4n) is 3.69. The van der Waals surface area contributed by atoms with Crippen molar-refractivity contribution in [1.82, 2.24) is 15.0 Å². The van der Waals surface area contributed by atoms with Crippen LogP contribution in [-0.4, -0.2) is 50.6 Å². The van der Waals surface area contributed by atoms with Crippen LogP contribution in [0.4, 0.5) is 0 Å². The van der Waals surface area contributed by atoms with Crippen LogP contribution in [0.2, 0.25) is 0 Å². The van der Waals surface area contributed by atoms with Crippen molar-refractivity contribution in [1.29, 1.82) is 0 Å². The number of aromatic nitrogens is 3. The van der Waals surface area contributed by atoms with Gasteiger partial charge in [-0.25, -0.2) is 4.89 Å². The lowest BCUT2D eigenvalue weighted by Gasteiger charge is -2.35. The molecular weight excluding hydrogens is 350 g/mol. The Morgan fingerprint density at radius 3 is 2.63 bits per heavy atom. The summed E-state index contributed by atoms with van der Waals surface area (Å²) in [6.07, 6.45) is 2.49. The Hall–Kier alpha value is -2.03. The van der Waals surface area contributed by atoms with Crippen molar-refractivity contribution in [2.75, 3.05) is 13.2 Å². The van der Waals surface area contributed by atoms with E-state index in [0.29, 0.717) is 19.4 Å². The van der Waals surface area contributed by atoms with Gasteiger partial charge in [0.1, 0.15) is 11.0 Å². The zero-order valence-electron chi connectivity index (χ0n) is 15.5. The molecule has 1 fully saturated rings. The Balaban J connectivity index is 1.49. The molecule has 0 saturated heterocycles. The summed E-state index contributed by atoms with van der Waals surface area (Å²) >= 11 is 0. The van der Waals surface area contributed by atoms with Gasteiger partial charge in [0.25, 0.3) is 0 Å². The van der Waals surface area contributed by atoms with Gasteiger partial charge in [-0.05, 0) is 49.7 Å². The molecule has 8 heteroatoms. The monoisotopic (exact) mass is 377 g/mol. The van der Waals surface area contributed by atoms with Crippen molar-refractivity contribution < 1.29 is 24.8 Å². The number of aliphatic hydroxyl groups excluding tert-OH is 1. The average Bonchev–Trinajstić information content (AvgIpc) is 3.10. The number of rotatable bonds is 8. The largest absolute Gasteiger partial charge is 0.465 e. The van der Waals surface area contributed by atoms with E-state index < -0.39 is 6.10 Å². The molecule has 1 aliphatic carbocycles. The molecule has 0 radical (unpaired) electrons. The zero-order valence-corrected chi connectivity index (χ0v) is 15.5. The first-order chi connectivity index (χ1) is 13.1. The topological polar surface area (TPSA) is 107 Å². The second-order valence-corrected chi connectivity index (χ2v) is 7.31. The van der Waals surface area contributed by atoms with Gasteiger partial charge in [-0.2, -0.15) is 15.0 Å². The molecule has 8 nitrogen and oxygen atoms in total. The van der Waals surface area contributed by atoms with Crippen LogP contribution in [0, 0.1) is 11.8 Å². The van der Waals surface area contributed by atoms with Crippen molar-refractivity contribution in [2.45, 2.75) is 51.2 Å². The first-order valence-corrected chi connectivity index (χ1v) is 9.50. The average molecular weight is 377 g/mol. The van der Waals surface area contributed by atoms with Gasteiger partial charge in [-0.3, -0.25) is 10.1 Å². The van der Waals surface area contributed by atoms with Crippen molar-refractivity contribution in [3.05, 3.63) is 24.3 Å². The molecule has 27 heavy (non-hydrogen) atoms. The van der Waals surface area contributed by atoms with E-state index in [1.807, 2.05) is 31.2 Å². The van der Waals surface area contributed by atoms with Crippen LogP contribution in [0.3, 0.4) is 0 Å². The van der Waals surface area contributed by atoms with Crippen molar-refractivity contribution in [2.24, 2.45) is 11.8 Å². The highest BCUT2D eigenvalue weighted by Crippen LogP contribution is 2.36. The maximum Gasteiger partial charge on any atom is 0.305 e. The Morgan fingerprint density at radius 2 is 2.00 bits per heavy atom. The molecule has 1 heterocycles. The van der Waals surface area contributed by atoms with Gasteiger partial charge in [0.05, 0.1) is 25.4 Å². The third-order valence-electron chi connectivity index (χ3n) is 5.35. The molecule has 0 amide bonds. The normalized spacial score (nSPS) is 24.0. The highest BCUT2D eigenvalue weighted by molar-refractivity contribution is 5.73. The van der Waals surface area contributed by atoms with E-state index in [2.05, 4.69) is 15.1 Å². The summed E-state index contributed by atoms with van der Waals surface area (Å²) in [7, 11) is 0. The van der Waals surface area contributed by atoms with Gasteiger partial charge < -0.3 is 9.84 Å². The van der Waals surface area contributed by atoms with Gasteiger partial charge >= 0.3 is 5.97 Å². The standard InChI is InChI=1S/C19H27N3O5/c1-13(12-26-19(24)7-4-10-27-25)14-8-9-17(18(23)11-14)22-20-15-5-2-3-6-16(15)21-22/h2-3,5-6,13-14,17-18,23,25H,4,7-12H2,1H3. The molecule has 2 aromatic rings. The fraction of sp³-hybridized carbons (Fsp3) is 0.632. The Bertz CT molecular complexity index is 717. The SMILES string of the molecule is CC(COC(=O)CCCOO)C1CCC(n2nc3ccccc3n2)C(O)C1. The Kier molecular flexibility index (Phi) is 6.76.